The molecule has 0 radical (unpaired) electrons. The topological polar surface area (TPSA) is 65.5 Å². The molecule has 0 aliphatic carbocycles. The molecule has 0 amide bonds. The summed E-state index contributed by atoms with van der Waals surface area (Å²) >= 11 is 0. The molecule has 0 N–H and O–H groups in total. The second kappa shape index (κ2) is 4.96. The van der Waals surface area contributed by atoms with E-state index in [-0.39, 0.29) is 6.10 Å². The van der Waals surface area contributed by atoms with Crippen molar-refractivity contribution in [3.05, 3.63) is 35.9 Å². The highest BCUT2D eigenvalue weighted by Gasteiger charge is 2.20. The van der Waals surface area contributed by atoms with Gasteiger partial charge in [0.2, 0.25) is 0 Å². The first-order valence-electron chi connectivity index (χ1n) is 7.18. The Bertz CT molecular complexity index is 771. The zero-order valence-electron chi connectivity index (χ0n) is 11.8. The number of aryl methyl sites for hydroxylation is 1. The van der Waals surface area contributed by atoms with Crippen molar-refractivity contribution < 1.29 is 9.26 Å². The van der Waals surface area contributed by atoms with Crippen molar-refractivity contribution in [2.45, 2.75) is 32.3 Å². The molecule has 21 heavy (non-hydrogen) atoms. The zero-order valence-corrected chi connectivity index (χ0v) is 11.8. The third kappa shape index (κ3) is 2.42. The van der Waals surface area contributed by atoms with Gasteiger partial charge in [-0.1, -0.05) is 5.16 Å². The molecule has 1 unspecified atom stereocenters. The quantitative estimate of drug-likeness (QED) is 0.739. The molecule has 1 atom stereocenters. The van der Waals surface area contributed by atoms with E-state index >= 15 is 0 Å². The summed E-state index contributed by atoms with van der Waals surface area (Å²) in [6.45, 7) is 2.88. The number of nitrogens with zero attached hydrogens (tertiary/aromatic N) is 4. The lowest BCUT2D eigenvalue weighted by Crippen LogP contribution is -2.09. The number of pyridine rings is 1. The molecule has 1 saturated heterocycles. The van der Waals surface area contributed by atoms with Gasteiger partial charge in [-0.05, 0) is 37.5 Å². The minimum absolute atomic E-state index is 0.221. The van der Waals surface area contributed by atoms with E-state index in [1.807, 2.05) is 35.9 Å². The maximum absolute atomic E-state index is 5.59. The van der Waals surface area contributed by atoms with Crippen LogP contribution in [0, 0.1) is 6.92 Å². The van der Waals surface area contributed by atoms with Gasteiger partial charge in [0.1, 0.15) is 11.3 Å². The largest absolute Gasteiger partial charge is 0.378 e. The maximum atomic E-state index is 5.59. The summed E-state index contributed by atoms with van der Waals surface area (Å²) in [4.78, 5) is 8.95. The molecule has 1 aliphatic rings. The Labute approximate surface area is 121 Å². The van der Waals surface area contributed by atoms with E-state index in [0.29, 0.717) is 23.8 Å². The van der Waals surface area contributed by atoms with Crippen molar-refractivity contribution in [2.24, 2.45) is 0 Å². The first-order chi connectivity index (χ1) is 10.3. The third-order valence-corrected chi connectivity index (χ3v) is 3.74. The zero-order chi connectivity index (χ0) is 14.2. The van der Waals surface area contributed by atoms with Crippen LogP contribution in [0.15, 0.2) is 29.0 Å². The van der Waals surface area contributed by atoms with Gasteiger partial charge in [-0.25, -0.2) is 4.98 Å². The van der Waals surface area contributed by atoms with E-state index in [1.54, 1.807) is 0 Å². The van der Waals surface area contributed by atoms with Crippen LogP contribution in [-0.2, 0) is 11.2 Å². The van der Waals surface area contributed by atoms with Crippen LogP contribution in [0.2, 0.25) is 0 Å². The van der Waals surface area contributed by atoms with Crippen LogP contribution in [0.25, 0.3) is 17.2 Å². The number of rotatable bonds is 3. The van der Waals surface area contributed by atoms with Gasteiger partial charge >= 0.3 is 0 Å². The average Bonchev–Trinajstić information content (AvgIpc) is 3.18. The molecule has 0 aromatic carbocycles. The number of imidazole rings is 1. The van der Waals surface area contributed by atoms with Crippen molar-refractivity contribution in [1.82, 2.24) is 19.5 Å². The Morgan fingerprint density at radius 2 is 2.33 bits per heavy atom. The number of hydrogen-bond acceptors (Lipinski definition) is 5. The molecule has 4 rings (SSSR count). The number of aromatic nitrogens is 4. The van der Waals surface area contributed by atoms with Gasteiger partial charge in [0.15, 0.2) is 5.82 Å². The van der Waals surface area contributed by atoms with Crippen molar-refractivity contribution in [1.29, 1.82) is 0 Å². The molecule has 3 aromatic heterocycles. The molecule has 1 fully saturated rings. The second-order valence-electron chi connectivity index (χ2n) is 5.45. The molecule has 3 aromatic rings. The van der Waals surface area contributed by atoms with Crippen LogP contribution in [0.5, 0.6) is 0 Å². The average molecular weight is 284 g/mol. The molecular weight excluding hydrogens is 268 g/mol. The minimum Gasteiger partial charge on any atom is -0.378 e. The molecule has 6 nitrogen and oxygen atoms in total. The molecule has 6 heteroatoms. The normalized spacial score (nSPS) is 18.6. The molecule has 0 bridgehead atoms. The Morgan fingerprint density at radius 1 is 1.38 bits per heavy atom. The molecule has 0 spiro atoms. The highest BCUT2D eigenvalue weighted by molar-refractivity contribution is 5.54. The van der Waals surface area contributed by atoms with Gasteiger partial charge in [0.05, 0.1) is 6.10 Å². The number of ether oxygens (including phenoxy) is 1. The smallest absolute Gasteiger partial charge is 0.278 e. The van der Waals surface area contributed by atoms with E-state index in [2.05, 4.69) is 15.1 Å². The SMILES string of the molecule is Cc1ccn2cc(-c3nc(CC4CCCO4)no3)nc2c1. The van der Waals surface area contributed by atoms with E-state index in [4.69, 9.17) is 9.26 Å². The van der Waals surface area contributed by atoms with Gasteiger partial charge in [0.25, 0.3) is 5.89 Å². The summed E-state index contributed by atoms with van der Waals surface area (Å²) in [5, 5.41) is 4.03. The lowest BCUT2D eigenvalue weighted by molar-refractivity contribution is 0.109. The monoisotopic (exact) mass is 284 g/mol. The predicted octanol–water partition coefficient (Wildman–Crippen LogP) is 2.41. The maximum Gasteiger partial charge on any atom is 0.278 e. The first kappa shape index (κ1) is 12.5. The van der Waals surface area contributed by atoms with E-state index in [0.717, 1.165) is 25.1 Å². The fraction of sp³-hybridized carbons (Fsp3) is 0.400. The Morgan fingerprint density at radius 3 is 3.19 bits per heavy atom. The standard InChI is InChI=1S/C15H16N4O2/c1-10-4-5-19-9-12(16-14(19)7-10)15-17-13(18-21-15)8-11-3-2-6-20-11/h4-5,7,9,11H,2-3,6,8H2,1H3. The summed E-state index contributed by atoms with van der Waals surface area (Å²) < 4.78 is 12.9. The van der Waals surface area contributed by atoms with Crippen LogP contribution < -0.4 is 0 Å². The van der Waals surface area contributed by atoms with E-state index < -0.39 is 0 Å². The third-order valence-electron chi connectivity index (χ3n) is 3.74. The molecule has 108 valence electrons. The summed E-state index contributed by atoms with van der Waals surface area (Å²) in [5.41, 5.74) is 2.75. The van der Waals surface area contributed by atoms with Crippen LogP contribution in [0.3, 0.4) is 0 Å². The van der Waals surface area contributed by atoms with Crippen molar-refractivity contribution in [3.8, 4) is 11.6 Å². The number of hydrogen-bond donors (Lipinski definition) is 0. The first-order valence-corrected chi connectivity index (χ1v) is 7.18. The van der Waals surface area contributed by atoms with Gasteiger partial charge in [-0.3, -0.25) is 0 Å². The summed E-state index contributed by atoms with van der Waals surface area (Å²) in [7, 11) is 0. The number of fused-ring (bicyclic) bond motifs is 1. The molecular formula is C15H16N4O2. The second-order valence-corrected chi connectivity index (χ2v) is 5.45. The summed E-state index contributed by atoms with van der Waals surface area (Å²) in [6.07, 6.45) is 6.98. The van der Waals surface area contributed by atoms with E-state index in [9.17, 15) is 0 Å². The molecule has 1 aliphatic heterocycles. The fourth-order valence-electron chi connectivity index (χ4n) is 2.64. The van der Waals surface area contributed by atoms with Crippen molar-refractivity contribution in [3.63, 3.8) is 0 Å². The van der Waals surface area contributed by atoms with Crippen LogP contribution >= 0.6 is 0 Å². The predicted molar refractivity (Wildman–Crippen MR) is 75.9 cm³/mol. The van der Waals surface area contributed by atoms with Crippen molar-refractivity contribution >= 4 is 5.65 Å². The highest BCUT2D eigenvalue weighted by atomic mass is 16.5. The summed E-state index contributed by atoms with van der Waals surface area (Å²) in [5.74, 6) is 1.15. The van der Waals surface area contributed by atoms with Gasteiger partial charge in [0, 0.05) is 25.4 Å². The lowest BCUT2D eigenvalue weighted by atomic mass is 10.2. The van der Waals surface area contributed by atoms with Crippen LogP contribution in [0.4, 0.5) is 0 Å². The fourth-order valence-corrected chi connectivity index (χ4v) is 2.64. The Hall–Kier alpha value is -2.21. The van der Waals surface area contributed by atoms with Gasteiger partial charge < -0.3 is 13.7 Å². The highest BCUT2D eigenvalue weighted by Crippen LogP contribution is 2.20. The van der Waals surface area contributed by atoms with Crippen molar-refractivity contribution in [2.75, 3.05) is 6.61 Å². The van der Waals surface area contributed by atoms with Crippen LogP contribution in [-0.4, -0.2) is 32.2 Å². The van der Waals surface area contributed by atoms with Crippen LogP contribution in [0.1, 0.15) is 24.2 Å². The molecule has 0 saturated carbocycles. The Balaban J connectivity index is 1.61. The van der Waals surface area contributed by atoms with Gasteiger partial charge in [-0.15, -0.1) is 0 Å². The lowest BCUT2D eigenvalue weighted by Gasteiger charge is -2.03. The molecule has 4 heterocycles. The minimum atomic E-state index is 0.221. The Kier molecular flexibility index (Phi) is 2.96. The summed E-state index contributed by atoms with van der Waals surface area (Å²) in [6, 6.07) is 4.06. The van der Waals surface area contributed by atoms with E-state index in [1.165, 1.54) is 5.56 Å². The van der Waals surface area contributed by atoms with Gasteiger partial charge in [-0.2, -0.15) is 4.98 Å².